The molecule has 92 valence electrons. The van der Waals surface area contributed by atoms with Crippen molar-refractivity contribution in [2.24, 2.45) is 0 Å². The Morgan fingerprint density at radius 3 is 2.72 bits per heavy atom. The molecule has 0 bridgehead atoms. The fraction of sp³-hybridized carbons (Fsp3) is 0.308. The molecule has 0 aliphatic heterocycles. The number of carbonyl (C=O) groups is 1. The molecule has 3 rings (SSSR count). The largest absolute Gasteiger partial charge is 0.297 e. The zero-order valence-electron chi connectivity index (χ0n) is 9.71. The summed E-state index contributed by atoms with van der Waals surface area (Å²) < 4.78 is 14.4. The summed E-state index contributed by atoms with van der Waals surface area (Å²) in [6, 6.07) is 5.90. The molecule has 0 spiro atoms. The molecule has 1 fully saturated rings. The minimum absolute atomic E-state index is 0.174. The number of halogens is 1. The quantitative estimate of drug-likeness (QED) is 0.816. The fourth-order valence-electron chi connectivity index (χ4n) is 2.26. The van der Waals surface area contributed by atoms with Crippen LogP contribution in [0.3, 0.4) is 0 Å². The van der Waals surface area contributed by atoms with Gasteiger partial charge in [0.1, 0.15) is 17.6 Å². The smallest absolute Gasteiger partial charge is 0.157 e. The van der Waals surface area contributed by atoms with E-state index in [1.165, 1.54) is 12.1 Å². The van der Waals surface area contributed by atoms with E-state index in [1.54, 1.807) is 23.0 Å². The zero-order valence-corrected chi connectivity index (χ0v) is 9.71. The molecular weight excluding hydrogens is 233 g/mol. The lowest BCUT2D eigenvalue weighted by Crippen LogP contribution is -2.13. The number of rotatable bonds is 2. The molecule has 0 radical (unpaired) electrons. The van der Waals surface area contributed by atoms with E-state index >= 15 is 0 Å². The highest BCUT2D eigenvalue weighted by atomic mass is 19.1. The van der Waals surface area contributed by atoms with E-state index in [0.29, 0.717) is 12.1 Å². The van der Waals surface area contributed by atoms with E-state index in [-0.39, 0.29) is 17.6 Å². The van der Waals surface area contributed by atoms with E-state index in [9.17, 15) is 9.18 Å². The summed E-state index contributed by atoms with van der Waals surface area (Å²) in [5.74, 6) is -0.0670. The van der Waals surface area contributed by atoms with Crippen molar-refractivity contribution in [1.29, 1.82) is 0 Å². The Morgan fingerprint density at radius 2 is 2.06 bits per heavy atom. The van der Waals surface area contributed by atoms with Gasteiger partial charge in [0.25, 0.3) is 0 Å². The van der Waals surface area contributed by atoms with Gasteiger partial charge in [0.2, 0.25) is 0 Å². The first-order chi connectivity index (χ1) is 8.74. The third-order valence-electron chi connectivity index (χ3n) is 3.24. The Balaban J connectivity index is 1.89. The Kier molecular flexibility index (Phi) is 2.66. The van der Waals surface area contributed by atoms with Crippen molar-refractivity contribution in [2.45, 2.75) is 25.3 Å². The van der Waals surface area contributed by atoms with Crippen LogP contribution >= 0.6 is 0 Å². The number of nitrogens with zero attached hydrogens (tertiary/aromatic N) is 3. The number of benzene rings is 1. The lowest BCUT2D eigenvalue weighted by atomic mass is 10.1. The highest BCUT2D eigenvalue weighted by molar-refractivity contribution is 5.84. The maximum Gasteiger partial charge on any atom is 0.157 e. The number of hydrogen-bond acceptors (Lipinski definition) is 3. The number of ketones is 1. The maximum absolute atomic E-state index is 12.8. The van der Waals surface area contributed by atoms with Gasteiger partial charge in [-0.2, -0.15) is 0 Å². The number of hydrogen-bond donors (Lipinski definition) is 0. The summed E-state index contributed by atoms with van der Waals surface area (Å²) >= 11 is 0. The second-order valence-corrected chi connectivity index (χ2v) is 4.47. The van der Waals surface area contributed by atoms with Crippen molar-refractivity contribution in [3.05, 3.63) is 36.3 Å². The molecule has 1 aromatic heterocycles. The van der Waals surface area contributed by atoms with Gasteiger partial charge in [-0.05, 0) is 37.1 Å². The number of carbonyl (C=O) groups excluding carboxylic acids is 1. The van der Waals surface area contributed by atoms with Gasteiger partial charge in [-0.15, -0.1) is 5.10 Å². The van der Waals surface area contributed by atoms with Crippen LogP contribution in [-0.4, -0.2) is 20.8 Å². The van der Waals surface area contributed by atoms with Crippen molar-refractivity contribution >= 4 is 5.78 Å². The predicted octanol–water partition coefficient (Wildman–Crippen LogP) is 2.38. The van der Waals surface area contributed by atoms with Crippen molar-refractivity contribution in [3.63, 3.8) is 0 Å². The van der Waals surface area contributed by atoms with Crippen LogP contribution in [0.1, 0.15) is 25.3 Å². The van der Waals surface area contributed by atoms with Gasteiger partial charge in [0.05, 0.1) is 6.20 Å². The number of Topliss-reactive ketones (excluding diaryl/α,β-unsaturated/α-hetero) is 1. The van der Waals surface area contributed by atoms with Crippen molar-refractivity contribution in [1.82, 2.24) is 15.0 Å². The van der Waals surface area contributed by atoms with Crippen molar-refractivity contribution in [2.75, 3.05) is 0 Å². The average molecular weight is 245 g/mol. The molecule has 0 N–H and O–H groups in total. The Labute approximate surface area is 103 Å². The third kappa shape index (κ3) is 1.92. The van der Waals surface area contributed by atoms with Crippen LogP contribution in [0.25, 0.3) is 11.3 Å². The molecule has 1 unspecified atom stereocenters. The zero-order chi connectivity index (χ0) is 12.5. The molecule has 4 nitrogen and oxygen atoms in total. The lowest BCUT2D eigenvalue weighted by molar-refractivity contribution is -0.120. The van der Waals surface area contributed by atoms with Gasteiger partial charge >= 0.3 is 0 Å². The molecule has 2 aromatic rings. The summed E-state index contributed by atoms with van der Waals surface area (Å²) in [6.45, 7) is 0. The van der Waals surface area contributed by atoms with Crippen LogP contribution in [0.4, 0.5) is 4.39 Å². The average Bonchev–Trinajstić information content (AvgIpc) is 2.98. The molecule has 0 saturated heterocycles. The van der Waals surface area contributed by atoms with E-state index in [2.05, 4.69) is 10.3 Å². The summed E-state index contributed by atoms with van der Waals surface area (Å²) in [5, 5.41) is 8.03. The Hall–Kier alpha value is -2.04. The van der Waals surface area contributed by atoms with Gasteiger partial charge in [-0.3, -0.25) is 4.79 Å². The summed E-state index contributed by atoms with van der Waals surface area (Å²) in [6.07, 6.45) is 4.11. The van der Waals surface area contributed by atoms with Crippen molar-refractivity contribution in [3.8, 4) is 11.3 Å². The molecule has 1 heterocycles. The van der Waals surface area contributed by atoms with E-state index in [1.807, 2.05) is 0 Å². The SMILES string of the molecule is O=C1CCCC1n1cc(-c2ccc(F)cc2)nn1. The highest BCUT2D eigenvalue weighted by Gasteiger charge is 2.27. The van der Waals surface area contributed by atoms with E-state index in [0.717, 1.165) is 18.4 Å². The second kappa shape index (κ2) is 4.33. The standard InChI is InChI=1S/C13H12FN3O/c14-10-6-4-9(5-7-10)11-8-17(16-15-11)12-2-1-3-13(12)18/h4-8,12H,1-3H2. The van der Waals surface area contributed by atoms with E-state index < -0.39 is 0 Å². The summed E-state index contributed by atoms with van der Waals surface area (Å²) in [4.78, 5) is 11.6. The minimum atomic E-state index is -0.280. The van der Waals surface area contributed by atoms with Gasteiger partial charge in [-0.1, -0.05) is 5.21 Å². The summed E-state index contributed by atoms with van der Waals surface area (Å²) in [5.41, 5.74) is 1.46. The molecule has 1 saturated carbocycles. The van der Waals surface area contributed by atoms with Gasteiger partial charge in [-0.25, -0.2) is 9.07 Å². The molecule has 1 aliphatic rings. The highest BCUT2D eigenvalue weighted by Crippen LogP contribution is 2.26. The first-order valence-electron chi connectivity index (χ1n) is 5.94. The Morgan fingerprint density at radius 1 is 1.28 bits per heavy atom. The summed E-state index contributed by atoms with van der Waals surface area (Å²) in [7, 11) is 0. The van der Waals surface area contributed by atoms with E-state index in [4.69, 9.17) is 0 Å². The second-order valence-electron chi connectivity index (χ2n) is 4.47. The first-order valence-corrected chi connectivity index (χ1v) is 5.94. The number of aromatic nitrogens is 3. The predicted molar refractivity (Wildman–Crippen MR) is 63.3 cm³/mol. The molecular formula is C13H12FN3O. The molecule has 1 aliphatic carbocycles. The normalized spacial score (nSPS) is 19.4. The van der Waals surface area contributed by atoms with Gasteiger partial charge in [0.15, 0.2) is 5.78 Å². The fourth-order valence-corrected chi connectivity index (χ4v) is 2.26. The molecule has 0 amide bonds. The first kappa shape index (κ1) is 11.1. The van der Waals surface area contributed by atoms with Crippen LogP contribution in [0.15, 0.2) is 30.5 Å². The van der Waals surface area contributed by atoms with Gasteiger partial charge < -0.3 is 0 Å². The maximum atomic E-state index is 12.8. The van der Waals surface area contributed by atoms with Crippen LogP contribution in [0.5, 0.6) is 0 Å². The lowest BCUT2D eigenvalue weighted by Gasteiger charge is -2.05. The van der Waals surface area contributed by atoms with Crippen molar-refractivity contribution < 1.29 is 9.18 Å². The van der Waals surface area contributed by atoms with Crippen LogP contribution < -0.4 is 0 Å². The molecule has 18 heavy (non-hydrogen) atoms. The topological polar surface area (TPSA) is 47.8 Å². The molecule has 5 heteroatoms. The third-order valence-corrected chi connectivity index (χ3v) is 3.24. The monoisotopic (exact) mass is 245 g/mol. The molecule has 1 aromatic carbocycles. The van der Waals surface area contributed by atoms with Crippen LogP contribution in [0.2, 0.25) is 0 Å². The minimum Gasteiger partial charge on any atom is -0.297 e. The Bertz CT molecular complexity index is 576. The van der Waals surface area contributed by atoms with Crippen LogP contribution in [-0.2, 0) is 4.79 Å². The van der Waals surface area contributed by atoms with Gasteiger partial charge in [0, 0.05) is 12.0 Å². The molecule has 1 atom stereocenters. The van der Waals surface area contributed by atoms with Crippen LogP contribution in [0, 0.1) is 5.82 Å².